The summed E-state index contributed by atoms with van der Waals surface area (Å²) in [5, 5.41) is 0. The van der Waals surface area contributed by atoms with Crippen LogP contribution in [0, 0.1) is 5.95 Å². The summed E-state index contributed by atoms with van der Waals surface area (Å²) < 4.78 is 31.4. The van der Waals surface area contributed by atoms with E-state index in [0.29, 0.717) is 23.5 Å². The third-order valence-electron chi connectivity index (χ3n) is 5.03. The molecule has 26 heavy (non-hydrogen) atoms. The molecule has 3 aliphatic rings. The average molecular weight is 353 g/mol. The van der Waals surface area contributed by atoms with Crippen LogP contribution in [0.4, 0.5) is 4.39 Å². The highest BCUT2D eigenvalue weighted by Crippen LogP contribution is 2.50. The molecule has 1 spiro atoms. The number of benzene rings is 1. The van der Waals surface area contributed by atoms with Crippen molar-refractivity contribution < 1.29 is 18.6 Å². The van der Waals surface area contributed by atoms with Crippen LogP contribution in [0.25, 0.3) is 11.1 Å². The molecule has 0 amide bonds. The Labute approximate surface area is 149 Å². The highest BCUT2D eigenvalue weighted by molar-refractivity contribution is 5.77. The van der Waals surface area contributed by atoms with Gasteiger partial charge < -0.3 is 19.9 Å². The first-order valence-corrected chi connectivity index (χ1v) is 8.40. The molecule has 3 aliphatic heterocycles. The third-order valence-corrected chi connectivity index (χ3v) is 5.03. The molecule has 0 saturated heterocycles. The standard InChI is InChI=1S/C19H16FN3O3/c20-17-12(2-1-6-22-17)11-3-4-15-13(8-11)19(10-25-18(21)23-19)14-9-24-7-5-16(14)26-15/h1-4,6,8-9,16H,5,7,10H2,(H2,21,23)/t16-,19+/m1/s1. The van der Waals surface area contributed by atoms with Gasteiger partial charge in [0.25, 0.3) is 6.02 Å². The SMILES string of the molecule is NC1=N[C@]2(CO1)C1=COCC[C@H]1Oc1ccc(-c3cccnc3F)cc12. The minimum atomic E-state index is -0.808. The molecule has 0 bridgehead atoms. The van der Waals surface area contributed by atoms with Crippen LogP contribution in [0.5, 0.6) is 5.75 Å². The average Bonchev–Trinajstić information content (AvgIpc) is 3.05. The number of amidine groups is 1. The zero-order valence-electron chi connectivity index (χ0n) is 13.8. The fourth-order valence-corrected chi connectivity index (χ4v) is 3.79. The Morgan fingerprint density at radius 3 is 3.00 bits per heavy atom. The van der Waals surface area contributed by atoms with Crippen LogP contribution in [0.1, 0.15) is 12.0 Å². The highest BCUT2D eigenvalue weighted by Gasteiger charge is 2.51. The monoisotopic (exact) mass is 353 g/mol. The normalized spacial score (nSPS) is 26.0. The zero-order valence-corrected chi connectivity index (χ0v) is 13.8. The maximum Gasteiger partial charge on any atom is 0.283 e. The molecular weight excluding hydrogens is 337 g/mol. The van der Waals surface area contributed by atoms with Crippen LogP contribution in [0.15, 0.2) is 53.4 Å². The number of fused-ring (bicyclic) bond motifs is 4. The third kappa shape index (κ3) is 2.09. The van der Waals surface area contributed by atoms with Crippen LogP contribution in [-0.2, 0) is 15.0 Å². The Morgan fingerprint density at radius 2 is 2.19 bits per heavy atom. The lowest BCUT2D eigenvalue weighted by Crippen LogP contribution is -2.43. The van der Waals surface area contributed by atoms with Crippen molar-refractivity contribution in [3.05, 3.63) is 59.9 Å². The van der Waals surface area contributed by atoms with Crippen molar-refractivity contribution in [2.45, 2.75) is 18.1 Å². The van der Waals surface area contributed by atoms with Crippen molar-refractivity contribution in [3.63, 3.8) is 0 Å². The maximum absolute atomic E-state index is 14.2. The first-order valence-electron chi connectivity index (χ1n) is 8.40. The van der Waals surface area contributed by atoms with E-state index < -0.39 is 11.5 Å². The quantitative estimate of drug-likeness (QED) is 0.797. The van der Waals surface area contributed by atoms with E-state index >= 15 is 0 Å². The molecule has 5 rings (SSSR count). The van der Waals surface area contributed by atoms with Gasteiger partial charge in [-0.15, -0.1) is 0 Å². The molecule has 2 aromatic rings. The van der Waals surface area contributed by atoms with Gasteiger partial charge in [0.1, 0.15) is 18.5 Å². The number of nitrogens with zero attached hydrogens (tertiary/aromatic N) is 2. The minimum absolute atomic E-state index is 0.126. The molecule has 7 heteroatoms. The van der Waals surface area contributed by atoms with Crippen molar-refractivity contribution in [2.75, 3.05) is 13.2 Å². The predicted molar refractivity (Wildman–Crippen MR) is 92.0 cm³/mol. The molecule has 0 fully saturated rings. The zero-order chi connectivity index (χ0) is 17.7. The molecule has 0 radical (unpaired) electrons. The van der Waals surface area contributed by atoms with Crippen LogP contribution in [0.2, 0.25) is 0 Å². The summed E-state index contributed by atoms with van der Waals surface area (Å²) in [6, 6.07) is 9.05. The summed E-state index contributed by atoms with van der Waals surface area (Å²) in [5.74, 6) is 0.172. The molecule has 0 saturated carbocycles. The molecule has 2 N–H and O–H groups in total. The van der Waals surface area contributed by atoms with Gasteiger partial charge in [0.2, 0.25) is 5.95 Å². The Kier molecular flexibility index (Phi) is 3.19. The summed E-state index contributed by atoms with van der Waals surface area (Å²) in [5.41, 5.74) is 7.80. The Hall–Kier alpha value is -3.09. The molecule has 132 valence electrons. The van der Waals surface area contributed by atoms with Crippen molar-refractivity contribution in [1.29, 1.82) is 0 Å². The van der Waals surface area contributed by atoms with Crippen LogP contribution < -0.4 is 10.5 Å². The molecule has 2 atom stereocenters. The smallest absolute Gasteiger partial charge is 0.283 e. The van der Waals surface area contributed by atoms with E-state index in [2.05, 4.69) is 9.98 Å². The maximum atomic E-state index is 14.2. The molecular formula is C19H16FN3O3. The van der Waals surface area contributed by atoms with Crippen molar-refractivity contribution in [2.24, 2.45) is 10.7 Å². The van der Waals surface area contributed by atoms with Gasteiger partial charge in [0.05, 0.1) is 12.9 Å². The number of ether oxygens (including phenoxy) is 3. The Bertz CT molecular complexity index is 959. The number of hydrogen-bond acceptors (Lipinski definition) is 6. The molecule has 1 aromatic carbocycles. The fraction of sp³-hybridized carbons (Fsp3) is 0.263. The lowest BCUT2D eigenvalue weighted by atomic mass is 9.77. The van der Waals surface area contributed by atoms with Crippen LogP contribution >= 0.6 is 0 Å². The van der Waals surface area contributed by atoms with Crippen molar-refractivity contribution in [3.8, 4) is 16.9 Å². The summed E-state index contributed by atoms with van der Waals surface area (Å²) in [7, 11) is 0. The number of nitrogens with two attached hydrogens (primary N) is 1. The second kappa shape index (κ2) is 5.45. The number of rotatable bonds is 1. The summed E-state index contributed by atoms with van der Waals surface area (Å²) in [6.45, 7) is 0.846. The van der Waals surface area contributed by atoms with E-state index in [1.807, 2.05) is 18.2 Å². The number of hydrogen-bond donors (Lipinski definition) is 1. The topological polar surface area (TPSA) is 79.0 Å². The first-order chi connectivity index (χ1) is 12.7. The van der Waals surface area contributed by atoms with Gasteiger partial charge in [-0.1, -0.05) is 6.07 Å². The van der Waals surface area contributed by atoms with Crippen LogP contribution in [0.3, 0.4) is 0 Å². The lowest BCUT2D eigenvalue weighted by Gasteiger charge is -2.40. The van der Waals surface area contributed by atoms with E-state index in [0.717, 1.165) is 17.6 Å². The second-order valence-electron chi connectivity index (χ2n) is 6.49. The molecule has 4 heterocycles. The Morgan fingerprint density at radius 1 is 1.27 bits per heavy atom. The minimum Gasteiger partial charge on any atom is -0.501 e. The van der Waals surface area contributed by atoms with Gasteiger partial charge >= 0.3 is 0 Å². The molecule has 1 aromatic heterocycles. The van der Waals surface area contributed by atoms with Crippen molar-refractivity contribution >= 4 is 6.02 Å². The van der Waals surface area contributed by atoms with E-state index in [4.69, 9.17) is 19.9 Å². The lowest BCUT2D eigenvalue weighted by molar-refractivity contribution is 0.0979. The summed E-state index contributed by atoms with van der Waals surface area (Å²) in [6.07, 6.45) is 3.70. The van der Waals surface area contributed by atoms with E-state index in [1.54, 1.807) is 18.4 Å². The van der Waals surface area contributed by atoms with Gasteiger partial charge in [-0.25, -0.2) is 9.98 Å². The van der Waals surface area contributed by atoms with Crippen molar-refractivity contribution in [1.82, 2.24) is 4.98 Å². The highest BCUT2D eigenvalue weighted by atomic mass is 19.1. The van der Waals surface area contributed by atoms with E-state index in [1.165, 1.54) is 6.20 Å². The fourth-order valence-electron chi connectivity index (χ4n) is 3.79. The predicted octanol–water partition coefficient (Wildman–Crippen LogP) is 2.49. The molecule has 6 nitrogen and oxygen atoms in total. The van der Waals surface area contributed by atoms with Gasteiger partial charge in [-0.3, -0.25) is 0 Å². The largest absolute Gasteiger partial charge is 0.501 e. The molecule has 0 aliphatic carbocycles. The number of aromatic nitrogens is 1. The van der Waals surface area contributed by atoms with Gasteiger partial charge in [-0.2, -0.15) is 4.39 Å². The van der Waals surface area contributed by atoms with Gasteiger partial charge in [0.15, 0.2) is 5.54 Å². The molecule has 0 unspecified atom stereocenters. The summed E-state index contributed by atoms with van der Waals surface area (Å²) in [4.78, 5) is 8.33. The number of pyridine rings is 1. The Balaban J connectivity index is 1.72. The second-order valence-corrected chi connectivity index (χ2v) is 6.49. The first kappa shape index (κ1) is 15.2. The van der Waals surface area contributed by atoms with E-state index in [9.17, 15) is 4.39 Å². The number of halogens is 1. The summed E-state index contributed by atoms with van der Waals surface area (Å²) >= 11 is 0. The van der Waals surface area contributed by atoms with E-state index in [-0.39, 0.29) is 18.7 Å². The van der Waals surface area contributed by atoms with Gasteiger partial charge in [0, 0.05) is 29.3 Å². The van der Waals surface area contributed by atoms with Crippen LogP contribution in [-0.4, -0.2) is 30.3 Å². The number of aliphatic imine (C=N–C) groups is 1. The van der Waals surface area contributed by atoms with Gasteiger partial charge in [-0.05, 0) is 29.8 Å².